The first-order valence-electron chi connectivity index (χ1n) is 9.06. The number of carbonyl (C=O) groups is 1. The van der Waals surface area contributed by atoms with Gasteiger partial charge in [-0.15, -0.1) is 11.7 Å². The molecule has 28 heavy (non-hydrogen) atoms. The average molecular weight is 381 g/mol. The molecule has 0 saturated carbocycles. The van der Waals surface area contributed by atoms with Gasteiger partial charge in [-0.3, -0.25) is 0 Å². The Morgan fingerprint density at radius 2 is 2.18 bits per heavy atom. The topological polar surface area (TPSA) is 105 Å². The molecule has 0 aliphatic heterocycles. The lowest BCUT2D eigenvalue weighted by Crippen LogP contribution is -2.22. The molecule has 0 amide bonds. The first-order chi connectivity index (χ1) is 13.5. The minimum absolute atomic E-state index is 0.123. The van der Waals surface area contributed by atoms with E-state index in [-0.39, 0.29) is 11.5 Å². The van der Waals surface area contributed by atoms with E-state index in [4.69, 9.17) is 10.5 Å². The molecule has 8 nitrogen and oxygen atoms in total. The molecule has 1 aromatic carbocycles. The van der Waals surface area contributed by atoms with Gasteiger partial charge in [0, 0.05) is 0 Å². The van der Waals surface area contributed by atoms with Crippen molar-refractivity contribution in [2.45, 2.75) is 32.7 Å². The third-order valence-corrected chi connectivity index (χ3v) is 4.46. The summed E-state index contributed by atoms with van der Waals surface area (Å²) in [4.78, 5) is 29.1. The number of methoxy groups -OCH3 is 1. The summed E-state index contributed by atoms with van der Waals surface area (Å²) < 4.78 is 7.55. The van der Waals surface area contributed by atoms with Crippen molar-refractivity contribution in [1.82, 2.24) is 19.2 Å². The van der Waals surface area contributed by atoms with E-state index in [0.717, 1.165) is 24.8 Å². The second-order valence-electron chi connectivity index (χ2n) is 6.39. The molecule has 0 atom stereocenters. The Hall–Kier alpha value is -3.42. The highest BCUT2D eigenvalue weighted by Gasteiger charge is 2.16. The van der Waals surface area contributed by atoms with Gasteiger partial charge < -0.3 is 10.5 Å². The molecule has 3 rings (SSSR count). The summed E-state index contributed by atoms with van der Waals surface area (Å²) in [6.45, 7) is 6.18. The van der Waals surface area contributed by atoms with E-state index in [1.807, 2.05) is 6.08 Å². The molecule has 3 aromatic rings. The highest BCUT2D eigenvalue weighted by atomic mass is 16.5. The van der Waals surface area contributed by atoms with Crippen LogP contribution in [0.5, 0.6) is 0 Å². The van der Waals surface area contributed by atoms with Gasteiger partial charge in [0.15, 0.2) is 5.82 Å². The summed E-state index contributed by atoms with van der Waals surface area (Å²) in [5.41, 5.74) is 8.42. The summed E-state index contributed by atoms with van der Waals surface area (Å²) in [6.07, 6.45) is 6.47. The van der Waals surface area contributed by atoms with Crippen molar-refractivity contribution in [1.29, 1.82) is 0 Å². The molecular formula is C20H23N5O3. The van der Waals surface area contributed by atoms with Crippen molar-refractivity contribution in [3.05, 3.63) is 58.6 Å². The number of hydrogen-bond donors (Lipinski definition) is 1. The second-order valence-corrected chi connectivity index (χ2v) is 6.39. The van der Waals surface area contributed by atoms with Crippen LogP contribution < -0.4 is 11.4 Å². The standard InChI is InChI=1S/C20H23N5O3/c1-4-6-8-13(7-5-2)12-24-20(27)25-16-10-9-14(19(26)28-3)11-15(16)22-17(21)18(25)23-24/h4,7,9-11H,1,5-6,8,12H2,2-3H3,(H2,21,22)/b13-7+. The van der Waals surface area contributed by atoms with Gasteiger partial charge in [0.2, 0.25) is 5.65 Å². The van der Waals surface area contributed by atoms with Crippen LogP contribution in [0.1, 0.15) is 36.5 Å². The minimum atomic E-state index is -0.484. The van der Waals surface area contributed by atoms with E-state index < -0.39 is 5.97 Å². The molecule has 0 saturated heterocycles. The number of nitrogens with zero attached hydrogens (tertiary/aromatic N) is 4. The Labute approximate surface area is 161 Å². The largest absolute Gasteiger partial charge is 0.465 e. The van der Waals surface area contributed by atoms with Crippen LogP contribution in [0.2, 0.25) is 0 Å². The number of rotatable bonds is 7. The van der Waals surface area contributed by atoms with E-state index in [2.05, 4.69) is 29.7 Å². The number of hydrogen-bond acceptors (Lipinski definition) is 6. The molecule has 0 spiro atoms. The Morgan fingerprint density at radius 3 is 2.86 bits per heavy atom. The zero-order valence-corrected chi connectivity index (χ0v) is 16.0. The van der Waals surface area contributed by atoms with E-state index in [1.54, 1.807) is 18.2 Å². The molecular weight excluding hydrogens is 358 g/mol. The number of carbonyl (C=O) groups excluding carboxylic acids is 1. The van der Waals surface area contributed by atoms with Crippen molar-refractivity contribution in [3.63, 3.8) is 0 Å². The van der Waals surface area contributed by atoms with Gasteiger partial charge in [-0.25, -0.2) is 23.7 Å². The minimum Gasteiger partial charge on any atom is -0.465 e. The normalized spacial score (nSPS) is 11.9. The maximum Gasteiger partial charge on any atom is 0.351 e. The molecule has 8 heteroatoms. The lowest BCUT2D eigenvalue weighted by Gasteiger charge is -2.05. The third kappa shape index (κ3) is 3.53. The molecule has 0 unspecified atom stereocenters. The average Bonchev–Trinajstić information content (AvgIpc) is 3.02. The molecule has 0 aliphatic carbocycles. The van der Waals surface area contributed by atoms with Gasteiger partial charge in [-0.2, -0.15) is 0 Å². The van der Waals surface area contributed by atoms with Crippen LogP contribution in [0, 0.1) is 0 Å². The SMILES string of the molecule is C=CCC/C(=C\CC)Cn1nc2c(N)nc3cc(C(=O)OC)ccc3n2c1=O. The fourth-order valence-corrected chi connectivity index (χ4v) is 3.13. The van der Waals surface area contributed by atoms with Crippen LogP contribution in [0.3, 0.4) is 0 Å². The lowest BCUT2D eigenvalue weighted by molar-refractivity contribution is 0.0601. The number of ether oxygens (including phenoxy) is 1. The zero-order chi connectivity index (χ0) is 20.3. The van der Waals surface area contributed by atoms with Crippen molar-refractivity contribution >= 4 is 28.5 Å². The summed E-state index contributed by atoms with van der Waals surface area (Å²) in [6, 6.07) is 4.78. The van der Waals surface area contributed by atoms with Crippen molar-refractivity contribution < 1.29 is 9.53 Å². The number of aromatic nitrogens is 4. The van der Waals surface area contributed by atoms with E-state index in [1.165, 1.54) is 16.2 Å². The summed E-state index contributed by atoms with van der Waals surface area (Å²) >= 11 is 0. The Kier molecular flexibility index (Phi) is 5.58. The molecule has 146 valence electrons. The number of allylic oxidation sites excluding steroid dienone is 3. The zero-order valence-electron chi connectivity index (χ0n) is 16.0. The molecule has 0 bridgehead atoms. The van der Waals surface area contributed by atoms with Gasteiger partial charge >= 0.3 is 11.7 Å². The molecule has 2 aromatic heterocycles. The van der Waals surface area contributed by atoms with Gasteiger partial charge in [0.1, 0.15) is 0 Å². The number of nitrogens with two attached hydrogens (primary N) is 1. The predicted molar refractivity (Wildman–Crippen MR) is 108 cm³/mol. The first-order valence-corrected chi connectivity index (χ1v) is 9.06. The van der Waals surface area contributed by atoms with Gasteiger partial charge in [-0.05, 0) is 37.5 Å². The first kappa shape index (κ1) is 19.3. The number of esters is 1. The van der Waals surface area contributed by atoms with Gasteiger partial charge in [0.05, 0.1) is 30.3 Å². The highest BCUT2D eigenvalue weighted by Crippen LogP contribution is 2.19. The quantitative estimate of drug-likeness (QED) is 0.498. The van der Waals surface area contributed by atoms with E-state index in [0.29, 0.717) is 28.8 Å². The fraction of sp³-hybridized carbons (Fsp3) is 0.300. The van der Waals surface area contributed by atoms with Crippen molar-refractivity contribution in [3.8, 4) is 0 Å². The Bertz CT molecular complexity index is 1140. The van der Waals surface area contributed by atoms with E-state index >= 15 is 0 Å². The maximum absolute atomic E-state index is 13.0. The van der Waals surface area contributed by atoms with Crippen molar-refractivity contribution in [2.75, 3.05) is 12.8 Å². The van der Waals surface area contributed by atoms with Crippen molar-refractivity contribution in [2.24, 2.45) is 0 Å². The number of benzene rings is 1. The van der Waals surface area contributed by atoms with Crippen LogP contribution in [0.4, 0.5) is 5.82 Å². The van der Waals surface area contributed by atoms with Crippen LogP contribution >= 0.6 is 0 Å². The van der Waals surface area contributed by atoms with Gasteiger partial charge in [0.25, 0.3) is 0 Å². The molecule has 0 radical (unpaired) electrons. The maximum atomic E-state index is 13.0. The molecule has 2 N–H and O–H groups in total. The summed E-state index contributed by atoms with van der Waals surface area (Å²) in [5.74, 6) is -0.362. The third-order valence-electron chi connectivity index (χ3n) is 4.46. The smallest absolute Gasteiger partial charge is 0.351 e. The van der Waals surface area contributed by atoms with E-state index in [9.17, 15) is 9.59 Å². The highest BCUT2D eigenvalue weighted by molar-refractivity contribution is 5.94. The molecule has 0 fully saturated rings. The predicted octanol–water partition coefficient (Wildman–Crippen LogP) is 2.72. The monoisotopic (exact) mass is 381 g/mol. The molecule has 0 aliphatic rings. The molecule has 2 heterocycles. The Balaban J connectivity index is 2.14. The second kappa shape index (κ2) is 8.08. The fourth-order valence-electron chi connectivity index (χ4n) is 3.13. The van der Waals surface area contributed by atoms with Crippen LogP contribution in [-0.2, 0) is 11.3 Å². The van der Waals surface area contributed by atoms with Gasteiger partial charge in [-0.1, -0.05) is 24.6 Å². The van der Waals surface area contributed by atoms with Crippen LogP contribution in [0.25, 0.3) is 16.7 Å². The summed E-state index contributed by atoms with van der Waals surface area (Å²) in [7, 11) is 1.31. The van der Waals surface area contributed by atoms with Crippen LogP contribution in [0.15, 0.2) is 47.3 Å². The van der Waals surface area contributed by atoms with Crippen LogP contribution in [-0.4, -0.2) is 32.2 Å². The lowest BCUT2D eigenvalue weighted by atomic mass is 10.1. The number of fused-ring (bicyclic) bond motifs is 3. The summed E-state index contributed by atoms with van der Waals surface area (Å²) in [5, 5.41) is 4.39. The number of nitrogen functional groups attached to an aromatic ring is 1. The number of anilines is 1. The Morgan fingerprint density at radius 1 is 1.39 bits per heavy atom.